The third-order valence-corrected chi connectivity index (χ3v) is 4.50. The van der Waals surface area contributed by atoms with Crippen LogP contribution in [-0.2, 0) is 17.8 Å². The monoisotopic (exact) mass is 355 g/mol. The molecule has 2 N–H and O–H groups in total. The molecule has 0 aromatic heterocycles. The Morgan fingerprint density at radius 3 is 1.96 bits per heavy atom. The number of nitrogens with one attached hydrogen (secondary N) is 2. The van der Waals surface area contributed by atoms with E-state index in [0.717, 1.165) is 25.2 Å². The molecule has 0 radical (unpaired) electrons. The van der Waals surface area contributed by atoms with Crippen molar-refractivity contribution >= 4 is 11.9 Å². The van der Waals surface area contributed by atoms with Crippen LogP contribution in [0.4, 0.5) is 0 Å². The number of carbonyl (C=O) groups is 2. The molecule has 0 heterocycles. The molecule has 1 amide bonds. The Bertz CT molecular complexity index is 720. The summed E-state index contributed by atoms with van der Waals surface area (Å²) in [6.45, 7) is 8.11. The van der Waals surface area contributed by atoms with E-state index in [2.05, 4.69) is 48.2 Å². The van der Waals surface area contributed by atoms with Gasteiger partial charge in [-0.1, -0.05) is 24.3 Å². The third kappa shape index (κ3) is 5.43. The molecule has 0 atom stereocenters. The van der Waals surface area contributed by atoms with Gasteiger partial charge in [-0.3, -0.25) is 4.79 Å². The lowest BCUT2D eigenvalue weighted by molar-refractivity contribution is -0.910. The van der Waals surface area contributed by atoms with Crippen LogP contribution in [0.15, 0.2) is 48.5 Å². The Morgan fingerprint density at radius 2 is 1.42 bits per heavy atom. The Balaban J connectivity index is 1.89. The predicted octanol–water partition coefficient (Wildman–Crippen LogP) is 1.83. The number of rotatable bonds is 8. The first-order chi connectivity index (χ1) is 12.6. The second-order valence-electron chi connectivity index (χ2n) is 6.20. The summed E-state index contributed by atoms with van der Waals surface area (Å²) in [7, 11) is 1.33. The summed E-state index contributed by atoms with van der Waals surface area (Å²) < 4.78 is 4.65. The van der Waals surface area contributed by atoms with Crippen molar-refractivity contribution in [1.29, 1.82) is 0 Å². The molecule has 5 heteroatoms. The van der Waals surface area contributed by atoms with Gasteiger partial charge in [-0.2, -0.15) is 0 Å². The van der Waals surface area contributed by atoms with Gasteiger partial charge >= 0.3 is 5.97 Å². The van der Waals surface area contributed by atoms with Crippen molar-refractivity contribution in [1.82, 2.24) is 5.32 Å². The van der Waals surface area contributed by atoms with Crippen LogP contribution < -0.4 is 10.2 Å². The number of quaternary nitrogens is 1. The van der Waals surface area contributed by atoms with Crippen molar-refractivity contribution < 1.29 is 19.2 Å². The molecule has 2 rings (SSSR count). The smallest absolute Gasteiger partial charge is 0.337 e. The minimum atomic E-state index is -0.413. The minimum absolute atomic E-state index is 0.168. The molecular weight excluding hydrogens is 328 g/mol. The minimum Gasteiger partial charge on any atom is -0.465 e. The number of hydrogen-bond acceptors (Lipinski definition) is 3. The van der Waals surface area contributed by atoms with E-state index in [4.69, 9.17) is 0 Å². The number of carbonyl (C=O) groups excluding carboxylic acids is 2. The van der Waals surface area contributed by atoms with Gasteiger partial charge in [0.2, 0.25) is 0 Å². The SMILES string of the molecule is CC[NH+](CC)Cc1ccc(CNC(=O)c2ccc(C(=O)OC)cc2)cc1. The van der Waals surface area contributed by atoms with Crippen LogP contribution in [0.3, 0.4) is 0 Å². The second-order valence-corrected chi connectivity index (χ2v) is 6.20. The zero-order valence-corrected chi connectivity index (χ0v) is 15.7. The standard InChI is InChI=1S/C21H26N2O3/c1-4-23(5-2)15-17-8-6-16(7-9-17)14-22-20(24)18-10-12-19(13-11-18)21(25)26-3/h6-13H,4-5,14-15H2,1-3H3,(H,22,24)/p+1. The predicted molar refractivity (Wildman–Crippen MR) is 101 cm³/mol. The molecule has 0 spiro atoms. The maximum Gasteiger partial charge on any atom is 0.337 e. The van der Waals surface area contributed by atoms with Crippen LogP contribution >= 0.6 is 0 Å². The zero-order valence-electron chi connectivity index (χ0n) is 15.7. The Hall–Kier alpha value is -2.66. The third-order valence-electron chi connectivity index (χ3n) is 4.50. The molecule has 0 saturated heterocycles. The topological polar surface area (TPSA) is 59.8 Å². The van der Waals surface area contributed by atoms with E-state index in [9.17, 15) is 9.59 Å². The summed E-state index contributed by atoms with van der Waals surface area (Å²) in [5.41, 5.74) is 3.30. The van der Waals surface area contributed by atoms with Crippen molar-refractivity contribution in [3.8, 4) is 0 Å². The number of esters is 1. The first-order valence-electron chi connectivity index (χ1n) is 8.95. The molecule has 2 aromatic carbocycles. The number of amides is 1. The van der Waals surface area contributed by atoms with Crippen LogP contribution in [0.5, 0.6) is 0 Å². The average molecular weight is 355 g/mol. The van der Waals surface area contributed by atoms with Crippen molar-refractivity contribution in [2.45, 2.75) is 26.9 Å². The van der Waals surface area contributed by atoms with Gasteiger partial charge in [0.15, 0.2) is 0 Å². The molecule has 0 saturated carbocycles. The Morgan fingerprint density at radius 1 is 0.885 bits per heavy atom. The summed E-state index contributed by atoms with van der Waals surface area (Å²) >= 11 is 0. The van der Waals surface area contributed by atoms with Gasteiger partial charge in [-0.15, -0.1) is 0 Å². The fraction of sp³-hybridized carbons (Fsp3) is 0.333. The quantitative estimate of drug-likeness (QED) is 0.710. The molecule has 2 aromatic rings. The molecular formula is C21H27N2O3+. The first kappa shape index (κ1) is 19.7. The highest BCUT2D eigenvalue weighted by Crippen LogP contribution is 2.07. The highest BCUT2D eigenvalue weighted by Gasteiger charge is 2.09. The van der Waals surface area contributed by atoms with Gasteiger partial charge in [0.25, 0.3) is 5.91 Å². The van der Waals surface area contributed by atoms with Gasteiger partial charge in [-0.25, -0.2) is 4.79 Å². The van der Waals surface area contributed by atoms with Crippen molar-refractivity contribution in [3.05, 3.63) is 70.8 Å². The van der Waals surface area contributed by atoms with Gasteiger partial charge in [-0.05, 0) is 43.7 Å². The summed E-state index contributed by atoms with van der Waals surface area (Å²) in [5, 5.41) is 2.90. The number of hydrogen-bond donors (Lipinski definition) is 2. The largest absolute Gasteiger partial charge is 0.465 e. The highest BCUT2D eigenvalue weighted by molar-refractivity contribution is 5.96. The zero-order chi connectivity index (χ0) is 18.9. The number of methoxy groups -OCH3 is 1. The van der Waals surface area contributed by atoms with Crippen molar-refractivity contribution in [2.75, 3.05) is 20.2 Å². The fourth-order valence-corrected chi connectivity index (χ4v) is 2.72. The van der Waals surface area contributed by atoms with Crippen molar-refractivity contribution in [2.24, 2.45) is 0 Å². The van der Waals surface area contributed by atoms with Gasteiger partial charge in [0.1, 0.15) is 6.54 Å². The number of benzene rings is 2. The summed E-state index contributed by atoms with van der Waals surface area (Å²) in [5.74, 6) is -0.582. The summed E-state index contributed by atoms with van der Waals surface area (Å²) in [6.07, 6.45) is 0. The van der Waals surface area contributed by atoms with E-state index in [1.54, 1.807) is 29.2 Å². The van der Waals surface area contributed by atoms with E-state index in [1.165, 1.54) is 12.7 Å². The van der Waals surface area contributed by atoms with Crippen LogP contribution in [-0.4, -0.2) is 32.1 Å². The first-order valence-corrected chi connectivity index (χ1v) is 8.95. The average Bonchev–Trinajstić information content (AvgIpc) is 2.70. The maximum absolute atomic E-state index is 12.2. The summed E-state index contributed by atoms with van der Waals surface area (Å²) in [4.78, 5) is 25.2. The van der Waals surface area contributed by atoms with Crippen LogP contribution in [0, 0.1) is 0 Å². The molecule has 0 unspecified atom stereocenters. The van der Waals surface area contributed by atoms with Gasteiger partial charge in [0, 0.05) is 17.7 Å². The molecule has 138 valence electrons. The van der Waals surface area contributed by atoms with E-state index in [0.29, 0.717) is 17.7 Å². The molecule has 0 fully saturated rings. The second kappa shape index (κ2) is 9.73. The van der Waals surface area contributed by atoms with Crippen LogP contribution in [0.25, 0.3) is 0 Å². The van der Waals surface area contributed by atoms with Crippen LogP contribution in [0.1, 0.15) is 45.7 Å². The number of ether oxygens (including phenoxy) is 1. The van der Waals surface area contributed by atoms with E-state index in [1.807, 2.05) is 0 Å². The van der Waals surface area contributed by atoms with E-state index < -0.39 is 5.97 Å². The molecule has 0 aliphatic heterocycles. The lowest BCUT2D eigenvalue weighted by Gasteiger charge is -2.15. The van der Waals surface area contributed by atoms with Gasteiger partial charge < -0.3 is 15.0 Å². The molecule has 0 aliphatic carbocycles. The molecule has 5 nitrogen and oxygen atoms in total. The van der Waals surface area contributed by atoms with Crippen LogP contribution in [0.2, 0.25) is 0 Å². The van der Waals surface area contributed by atoms with Gasteiger partial charge in [0.05, 0.1) is 25.8 Å². The van der Waals surface area contributed by atoms with E-state index >= 15 is 0 Å². The normalized spacial score (nSPS) is 10.6. The molecule has 26 heavy (non-hydrogen) atoms. The lowest BCUT2D eigenvalue weighted by Crippen LogP contribution is -3.10. The highest BCUT2D eigenvalue weighted by atomic mass is 16.5. The van der Waals surface area contributed by atoms with E-state index in [-0.39, 0.29) is 5.91 Å². The summed E-state index contributed by atoms with van der Waals surface area (Å²) in [6, 6.07) is 14.8. The fourth-order valence-electron chi connectivity index (χ4n) is 2.72. The maximum atomic E-state index is 12.2. The Kier molecular flexibility index (Phi) is 7.36. The van der Waals surface area contributed by atoms with Crippen molar-refractivity contribution in [3.63, 3.8) is 0 Å². The Labute approximate surface area is 155 Å². The lowest BCUT2D eigenvalue weighted by atomic mass is 10.1. The molecule has 0 bridgehead atoms. The molecule has 0 aliphatic rings.